The predicted octanol–water partition coefficient (Wildman–Crippen LogP) is 6.33. The maximum Gasteiger partial charge on any atom is 0.130 e. The molecule has 0 saturated carbocycles. The van der Waals surface area contributed by atoms with Crippen molar-refractivity contribution in [1.29, 1.82) is 0 Å². The molecule has 0 N–H and O–H groups in total. The fourth-order valence-electron chi connectivity index (χ4n) is 3.90. The van der Waals surface area contributed by atoms with E-state index in [0.717, 1.165) is 17.8 Å². The lowest BCUT2D eigenvalue weighted by Gasteiger charge is -2.24. The number of hydrogen-bond acceptors (Lipinski definition) is 1. The van der Waals surface area contributed by atoms with Crippen LogP contribution in [0.25, 0.3) is 0 Å². The summed E-state index contributed by atoms with van der Waals surface area (Å²) < 4.78 is 30.9. The number of nitrogens with zero attached hydrogens (tertiary/aromatic N) is 2. The van der Waals surface area contributed by atoms with Gasteiger partial charge in [-0.2, -0.15) is 0 Å². The monoisotopic (exact) mass is 416 g/mol. The van der Waals surface area contributed by atoms with Crippen LogP contribution in [0.1, 0.15) is 27.9 Å². The Balaban J connectivity index is 1.58. The van der Waals surface area contributed by atoms with Crippen molar-refractivity contribution < 1.29 is 8.78 Å². The van der Waals surface area contributed by atoms with Crippen LogP contribution < -0.4 is 0 Å². The summed E-state index contributed by atoms with van der Waals surface area (Å²) in [5.41, 5.74) is 4.78. The molecule has 4 rings (SSSR count). The third-order valence-electron chi connectivity index (χ3n) is 5.44. The Morgan fingerprint density at radius 1 is 0.710 bits per heavy atom. The number of rotatable bonds is 8. The molecule has 0 aliphatic carbocycles. The third kappa shape index (κ3) is 5.47. The molecule has 31 heavy (non-hydrogen) atoms. The van der Waals surface area contributed by atoms with E-state index in [4.69, 9.17) is 0 Å². The summed E-state index contributed by atoms with van der Waals surface area (Å²) in [6, 6.07) is 26.6. The molecule has 0 fully saturated rings. The van der Waals surface area contributed by atoms with Crippen molar-refractivity contribution in [3.05, 3.63) is 131 Å². The van der Waals surface area contributed by atoms with E-state index in [-0.39, 0.29) is 12.1 Å². The Morgan fingerprint density at radius 3 is 2.16 bits per heavy atom. The first kappa shape index (κ1) is 21.0. The lowest BCUT2D eigenvalue weighted by molar-refractivity contribution is 0.234. The van der Waals surface area contributed by atoms with Gasteiger partial charge in [-0.15, -0.1) is 0 Å². The summed E-state index contributed by atoms with van der Waals surface area (Å²) in [6.45, 7) is 4.23. The molecule has 0 radical (unpaired) electrons. The molecule has 0 atom stereocenters. The van der Waals surface area contributed by atoms with Gasteiger partial charge >= 0.3 is 0 Å². The van der Waals surface area contributed by atoms with E-state index < -0.39 is 11.6 Å². The van der Waals surface area contributed by atoms with Gasteiger partial charge in [0.15, 0.2) is 0 Å². The van der Waals surface area contributed by atoms with Gasteiger partial charge in [-0.3, -0.25) is 4.90 Å². The molecule has 0 spiro atoms. The second-order valence-electron chi connectivity index (χ2n) is 7.95. The standard InChI is InChI=1S/C27H26F2N2/c1-21-8-5-11-23(16-21)18-31-15-7-12-24(31)19-30(17-22-9-3-2-4-10-22)20-25-26(28)13-6-14-27(25)29/h2-16H,17-20H2,1H3. The Hall–Kier alpha value is -3.24. The largest absolute Gasteiger partial charge is 0.346 e. The third-order valence-corrected chi connectivity index (χ3v) is 5.44. The number of hydrogen-bond donors (Lipinski definition) is 0. The van der Waals surface area contributed by atoms with Gasteiger partial charge in [0.2, 0.25) is 0 Å². The number of aromatic nitrogens is 1. The first-order chi connectivity index (χ1) is 15.1. The molecule has 2 nitrogen and oxygen atoms in total. The van der Waals surface area contributed by atoms with Crippen molar-refractivity contribution in [2.45, 2.75) is 33.1 Å². The van der Waals surface area contributed by atoms with Crippen molar-refractivity contribution >= 4 is 0 Å². The zero-order chi connectivity index (χ0) is 21.6. The van der Waals surface area contributed by atoms with E-state index in [1.165, 1.54) is 29.3 Å². The molecule has 3 aromatic carbocycles. The summed E-state index contributed by atoms with van der Waals surface area (Å²) in [5, 5.41) is 0. The maximum absolute atomic E-state index is 14.4. The zero-order valence-corrected chi connectivity index (χ0v) is 17.6. The van der Waals surface area contributed by atoms with Crippen LogP contribution in [0, 0.1) is 18.6 Å². The normalized spacial score (nSPS) is 11.2. The molecule has 158 valence electrons. The van der Waals surface area contributed by atoms with E-state index in [9.17, 15) is 8.78 Å². The van der Waals surface area contributed by atoms with Gasteiger partial charge in [0, 0.05) is 43.6 Å². The van der Waals surface area contributed by atoms with Gasteiger partial charge in [-0.05, 0) is 42.3 Å². The molecule has 1 heterocycles. The Morgan fingerprint density at radius 2 is 1.42 bits per heavy atom. The average Bonchev–Trinajstić information content (AvgIpc) is 3.18. The minimum absolute atomic E-state index is 0.107. The highest BCUT2D eigenvalue weighted by Crippen LogP contribution is 2.20. The minimum Gasteiger partial charge on any atom is -0.346 e. The first-order valence-electron chi connectivity index (χ1n) is 10.5. The molecular formula is C27H26F2N2. The molecule has 0 aliphatic heterocycles. The molecule has 4 aromatic rings. The summed E-state index contributed by atoms with van der Waals surface area (Å²) in [4.78, 5) is 2.08. The first-order valence-corrected chi connectivity index (χ1v) is 10.5. The van der Waals surface area contributed by atoms with Gasteiger partial charge in [0.1, 0.15) is 11.6 Å². The summed E-state index contributed by atoms with van der Waals surface area (Å²) in [7, 11) is 0. The van der Waals surface area contributed by atoms with Crippen molar-refractivity contribution in [3.63, 3.8) is 0 Å². The van der Waals surface area contributed by atoms with E-state index in [0.29, 0.717) is 13.1 Å². The van der Waals surface area contributed by atoms with E-state index in [1.807, 2.05) is 36.4 Å². The van der Waals surface area contributed by atoms with E-state index in [1.54, 1.807) is 0 Å². The SMILES string of the molecule is Cc1cccc(Cn2cccc2CN(Cc2ccccc2)Cc2c(F)cccc2F)c1. The highest BCUT2D eigenvalue weighted by molar-refractivity contribution is 5.24. The van der Waals surface area contributed by atoms with Crippen LogP contribution in [0.15, 0.2) is 91.1 Å². The fraction of sp³-hybridized carbons (Fsp3) is 0.185. The van der Waals surface area contributed by atoms with Crippen molar-refractivity contribution in [2.75, 3.05) is 0 Å². The number of aryl methyl sites for hydroxylation is 1. The Labute approximate surface area is 182 Å². The molecule has 1 aromatic heterocycles. The highest BCUT2D eigenvalue weighted by Gasteiger charge is 2.16. The molecule has 0 unspecified atom stereocenters. The van der Waals surface area contributed by atoms with Crippen molar-refractivity contribution in [2.24, 2.45) is 0 Å². The van der Waals surface area contributed by atoms with E-state index >= 15 is 0 Å². The average molecular weight is 417 g/mol. The molecule has 4 heteroatoms. The lowest BCUT2D eigenvalue weighted by Crippen LogP contribution is -2.25. The van der Waals surface area contributed by atoms with Crippen LogP contribution in [-0.4, -0.2) is 9.47 Å². The zero-order valence-electron chi connectivity index (χ0n) is 17.6. The van der Waals surface area contributed by atoms with Crippen molar-refractivity contribution in [3.8, 4) is 0 Å². The maximum atomic E-state index is 14.4. The smallest absolute Gasteiger partial charge is 0.130 e. The van der Waals surface area contributed by atoms with Crippen LogP contribution >= 0.6 is 0 Å². The number of halogens is 2. The summed E-state index contributed by atoms with van der Waals surface area (Å²) >= 11 is 0. The molecule has 0 amide bonds. The van der Waals surface area contributed by atoms with Gasteiger partial charge in [0.25, 0.3) is 0 Å². The topological polar surface area (TPSA) is 8.17 Å². The van der Waals surface area contributed by atoms with Crippen LogP contribution in [0.5, 0.6) is 0 Å². The van der Waals surface area contributed by atoms with Gasteiger partial charge in [-0.25, -0.2) is 8.78 Å². The van der Waals surface area contributed by atoms with Crippen LogP contribution in [0.4, 0.5) is 8.78 Å². The van der Waals surface area contributed by atoms with Gasteiger partial charge in [-0.1, -0.05) is 66.2 Å². The lowest BCUT2D eigenvalue weighted by atomic mass is 10.1. The Bertz CT molecular complexity index is 1110. The minimum atomic E-state index is -0.506. The summed E-state index contributed by atoms with van der Waals surface area (Å²) in [6.07, 6.45) is 2.06. The van der Waals surface area contributed by atoms with E-state index in [2.05, 4.69) is 52.9 Å². The molecule has 0 saturated heterocycles. The predicted molar refractivity (Wildman–Crippen MR) is 120 cm³/mol. The van der Waals surface area contributed by atoms with Crippen LogP contribution in [-0.2, 0) is 26.2 Å². The summed E-state index contributed by atoms with van der Waals surface area (Å²) in [5.74, 6) is -1.01. The van der Waals surface area contributed by atoms with Crippen molar-refractivity contribution in [1.82, 2.24) is 9.47 Å². The van der Waals surface area contributed by atoms with Gasteiger partial charge < -0.3 is 4.57 Å². The second kappa shape index (κ2) is 9.71. The number of benzene rings is 3. The van der Waals surface area contributed by atoms with Crippen LogP contribution in [0.3, 0.4) is 0 Å². The van der Waals surface area contributed by atoms with Crippen LogP contribution in [0.2, 0.25) is 0 Å². The fourth-order valence-corrected chi connectivity index (χ4v) is 3.90. The quantitative estimate of drug-likeness (QED) is 0.326. The Kier molecular flexibility index (Phi) is 6.58. The highest BCUT2D eigenvalue weighted by atomic mass is 19.1. The molecule has 0 aliphatic rings. The van der Waals surface area contributed by atoms with Gasteiger partial charge in [0.05, 0.1) is 0 Å². The molecule has 0 bridgehead atoms. The molecular weight excluding hydrogens is 390 g/mol. The second-order valence-corrected chi connectivity index (χ2v) is 7.95.